The van der Waals surface area contributed by atoms with E-state index in [0.29, 0.717) is 6.42 Å². The lowest BCUT2D eigenvalue weighted by atomic mass is 10.0. The van der Waals surface area contributed by atoms with Crippen LogP contribution in [0.25, 0.3) is 5.57 Å². The molecule has 0 fully saturated rings. The van der Waals surface area contributed by atoms with Crippen molar-refractivity contribution in [2.75, 3.05) is 0 Å². The summed E-state index contributed by atoms with van der Waals surface area (Å²) in [4.78, 5) is 2.65. The van der Waals surface area contributed by atoms with E-state index < -0.39 is 0 Å². The van der Waals surface area contributed by atoms with Gasteiger partial charge in [-0.2, -0.15) is 0 Å². The van der Waals surface area contributed by atoms with Crippen molar-refractivity contribution in [2.24, 2.45) is 0 Å². The van der Waals surface area contributed by atoms with Crippen LogP contribution in [0.5, 0.6) is 0 Å². The molecule has 1 aromatic carbocycles. The minimum Gasteiger partial charge on any atom is -0.212 e. The Morgan fingerprint density at radius 3 is 2.67 bits per heavy atom. The first-order valence-corrected chi connectivity index (χ1v) is 8.14. The van der Waals surface area contributed by atoms with E-state index in [-0.39, 0.29) is 5.83 Å². The number of hydrogen-bond acceptors (Lipinski definition) is 1. The molecule has 3 rings (SSSR count). The molecular weight excluding hydrogens is 279 g/mol. The highest BCUT2D eigenvalue weighted by Crippen LogP contribution is 2.32. The van der Waals surface area contributed by atoms with Gasteiger partial charge in [0.1, 0.15) is 5.83 Å². The van der Waals surface area contributed by atoms with Gasteiger partial charge >= 0.3 is 0 Å². The molecule has 0 nitrogen and oxygen atoms in total. The van der Waals surface area contributed by atoms with Gasteiger partial charge in [-0.05, 0) is 55.2 Å². The topological polar surface area (TPSA) is 0 Å². The molecule has 0 atom stereocenters. The SMILES string of the molecule is Cc1ccc(C)c(Cc2ccc(C3=CC=C(F)CC3)s2)c1. The van der Waals surface area contributed by atoms with Gasteiger partial charge < -0.3 is 0 Å². The molecule has 2 heteroatoms. The predicted octanol–water partition coefficient (Wildman–Crippen LogP) is 5.99. The first-order valence-electron chi connectivity index (χ1n) is 7.32. The van der Waals surface area contributed by atoms with E-state index in [1.54, 1.807) is 6.08 Å². The molecule has 0 aliphatic heterocycles. The van der Waals surface area contributed by atoms with Gasteiger partial charge in [0.2, 0.25) is 0 Å². The van der Waals surface area contributed by atoms with E-state index in [0.717, 1.165) is 12.8 Å². The molecule has 1 aliphatic rings. The van der Waals surface area contributed by atoms with E-state index >= 15 is 0 Å². The highest BCUT2D eigenvalue weighted by molar-refractivity contribution is 7.13. The Bertz CT molecular complexity index is 719. The van der Waals surface area contributed by atoms with Gasteiger partial charge in [-0.15, -0.1) is 11.3 Å². The maximum absolute atomic E-state index is 13.1. The summed E-state index contributed by atoms with van der Waals surface area (Å²) >= 11 is 1.83. The summed E-state index contributed by atoms with van der Waals surface area (Å²) in [7, 11) is 0. The van der Waals surface area contributed by atoms with Crippen LogP contribution in [-0.4, -0.2) is 0 Å². The van der Waals surface area contributed by atoms with Gasteiger partial charge in [0.25, 0.3) is 0 Å². The second kappa shape index (κ2) is 5.98. The highest BCUT2D eigenvalue weighted by atomic mass is 32.1. The van der Waals surface area contributed by atoms with Crippen LogP contribution in [0, 0.1) is 13.8 Å². The Morgan fingerprint density at radius 2 is 1.90 bits per heavy atom. The second-order valence-electron chi connectivity index (χ2n) is 5.68. The molecule has 108 valence electrons. The number of aryl methyl sites for hydroxylation is 2. The maximum Gasteiger partial charge on any atom is 0.100 e. The summed E-state index contributed by atoms with van der Waals surface area (Å²) in [6.45, 7) is 4.30. The third-order valence-electron chi connectivity index (χ3n) is 3.95. The zero-order valence-corrected chi connectivity index (χ0v) is 13.3. The molecule has 2 aromatic rings. The Morgan fingerprint density at radius 1 is 1.05 bits per heavy atom. The first kappa shape index (κ1) is 14.3. The van der Waals surface area contributed by atoms with Crippen LogP contribution < -0.4 is 0 Å². The summed E-state index contributed by atoms with van der Waals surface area (Å²) in [6.07, 6.45) is 5.85. The lowest BCUT2D eigenvalue weighted by molar-refractivity contribution is 0.590. The fourth-order valence-corrected chi connectivity index (χ4v) is 3.72. The molecule has 0 unspecified atom stereocenters. The van der Waals surface area contributed by atoms with Gasteiger partial charge in [0.05, 0.1) is 0 Å². The van der Waals surface area contributed by atoms with Crippen LogP contribution in [0.4, 0.5) is 4.39 Å². The third-order valence-corrected chi connectivity index (χ3v) is 5.11. The van der Waals surface area contributed by atoms with Crippen molar-refractivity contribution in [3.8, 4) is 0 Å². The van der Waals surface area contributed by atoms with Crippen LogP contribution in [0.3, 0.4) is 0 Å². The number of benzene rings is 1. The van der Waals surface area contributed by atoms with E-state index in [1.165, 1.54) is 32.0 Å². The van der Waals surface area contributed by atoms with Crippen LogP contribution in [-0.2, 0) is 6.42 Å². The molecule has 1 aromatic heterocycles. The molecule has 0 bridgehead atoms. The van der Waals surface area contributed by atoms with Gasteiger partial charge in [0, 0.05) is 22.6 Å². The molecule has 0 radical (unpaired) electrons. The summed E-state index contributed by atoms with van der Waals surface area (Å²) in [6, 6.07) is 11.0. The number of thiophene rings is 1. The molecule has 21 heavy (non-hydrogen) atoms. The van der Waals surface area contributed by atoms with Gasteiger partial charge in [0.15, 0.2) is 0 Å². The Labute approximate surface area is 129 Å². The van der Waals surface area contributed by atoms with Crippen molar-refractivity contribution in [3.63, 3.8) is 0 Å². The van der Waals surface area contributed by atoms with E-state index in [9.17, 15) is 4.39 Å². The average molecular weight is 298 g/mol. The maximum atomic E-state index is 13.1. The number of halogens is 1. The van der Waals surface area contributed by atoms with E-state index in [4.69, 9.17) is 0 Å². The minimum atomic E-state index is -0.00841. The van der Waals surface area contributed by atoms with Gasteiger partial charge in [-0.25, -0.2) is 4.39 Å². The van der Waals surface area contributed by atoms with Crippen molar-refractivity contribution in [1.82, 2.24) is 0 Å². The van der Waals surface area contributed by atoms with Crippen LogP contribution in [0.2, 0.25) is 0 Å². The molecule has 1 aliphatic carbocycles. The predicted molar refractivity (Wildman–Crippen MR) is 89.4 cm³/mol. The summed E-state index contributed by atoms with van der Waals surface area (Å²) in [5, 5.41) is 0. The molecule has 0 spiro atoms. The van der Waals surface area contributed by atoms with E-state index in [1.807, 2.05) is 17.4 Å². The number of allylic oxidation sites excluding steroid dienone is 4. The number of hydrogen-bond donors (Lipinski definition) is 0. The summed E-state index contributed by atoms with van der Waals surface area (Å²) in [5.74, 6) is -0.00841. The van der Waals surface area contributed by atoms with Gasteiger partial charge in [-0.3, -0.25) is 0 Å². The van der Waals surface area contributed by atoms with Crippen molar-refractivity contribution in [1.29, 1.82) is 0 Å². The normalized spacial score (nSPS) is 14.8. The molecule has 0 amide bonds. The molecule has 1 heterocycles. The summed E-state index contributed by atoms with van der Waals surface area (Å²) in [5.41, 5.74) is 5.31. The standard InChI is InChI=1S/C19H19FS/c1-13-3-4-14(2)16(11-13)12-18-9-10-19(21-18)15-5-7-17(20)8-6-15/h3-5,7,9-11H,6,8,12H2,1-2H3. The lowest BCUT2D eigenvalue weighted by Crippen LogP contribution is -1.90. The first-order chi connectivity index (χ1) is 10.1. The van der Waals surface area contributed by atoms with Crippen molar-refractivity contribution in [3.05, 3.63) is 74.8 Å². The Kier molecular flexibility index (Phi) is 4.07. The smallest absolute Gasteiger partial charge is 0.100 e. The fourth-order valence-electron chi connectivity index (χ4n) is 2.64. The van der Waals surface area contributed by atoms with Crippen molar-refractivity contribution < 1.29 is 4.39 Å². The quantitative estimate of drug-likeness (QED) is 0.653. The largest absolute Gasteiger partial charge is 0.212 e. The molecule has 0 saturated carbocycles. The van der Waals surface area contributed by atoms with Crippen LogP contribution in [0.15, 0.2) is 48.3 Å². The second-order valence-corrected chi connectivity index (χ2v) is 6.85. The zero-order valence-electron chi connectivity index (χ0n) is 12.4. The molecular formula is C19H19FS. The van der Waals surface area contributed by atoms with E-state index in [2.05, 4.69) is 44.2 Å². The molecule has 0 N–H and O–H groups in total. The minimum absolute atomic E-state index is 0.00841. The monoisotopic (exact) mass is 298 g/mol. The third kappa shape index (κ3) is 3.33. The fraction of sp³-hybridized carbons (Fsp3) is 0.263. The lowest BCUT2D eigenvalue weighted by Gasteiger charge is -2.08. The Balaban J connectivity index is 1.81. The van der Waals surface area contributed by atoms with Crippen molar-refractivity contribution >= 4 is 16.9 Å². The number of rotatable bonds is 3. The van der Waals surface area contributed by atoms with Crippen LogP contribution in [0.1, 0.15) is 39.3 Å². The van der Waals surface area contributed by atoms with Crippen molar-refractivity contribution in [2.45, 2.75) is 33.1 Å². The van der Waals surface area contributed by atoms with Gasteiger partial charge in [-0.1, -0.05) is 29.8 Å². The summed E-state index contributed by atoms with van der Waals surface area (Å²) < 4.78 is 13.1. The molecule has 0 saturated heterocycles. The van der Waals surface area contributed by atoms with Crippen LogP contribution >= 0.6 is 11.3 Å². The zero-order chi connectivity index (χ0) is 14.8. The Hall–Kier alpha value is -1.67. The highest BCUT2D eigenvalue weighted by Gasteiger charge is 2.11. The average Bonchev–Trinajstić information content (AvgIpc) is 2.92.